The molecule has 100 valence electrons. The van der Waals surface area contributed by atoms with Gasteiger partial charge in [-0.15, -0.1) is 0 Å². The highest BCUT2D eigenvalue weighted by molar-refractivity contribution is 7.85. The van der Waals surface area contributed by atoms with Crippen LogP contribution < -0.4 is 0 Å². The number of nitrogens with zero attached hydrogens (tertiary/aromatic N) is 2. The van der Waals surface area contributed by atoms with Gasteiger partial charge in [-0.25, -0.2) is 9.97 Å². The quantitative estimate of drug-likeness (QED) is 0.766. The Balaban J connectivity index is 2.04. The van der Waals surface area contributed by atoms with E-state index in [1.54, 1.807) is 12.3 Å². The van der Waals surface area contributed by atoms with Crippen molar-refractivity contribution in [3.8, 4) is 0 Å². The largest absolute Gasteiger partial charge is 0.370 e. The molecule has 0 saturated carbocycles. The van der Waals surface area contributed by atoms with E-state index in [1.807, 2.05) is 0 Å². The Bertz CT molecular complexity index is 498. The second-order valence-electron chi connectivity index (χ2n) is 4.23. The van der Waals surface area contributed by atoms with E-state index in [4.69, 9.17) is 8.92 Å². The van der Waals surface area contributed by atoms with E-state index in [1.165, 1.54) is 0 Å². The van der Waals surface area contributed by atoms with Crippen LogP contribution >= 0.6 is 0 Å². The van der Waals surface area contributed by atoms with Crippen LogP contribution in [0.4, 0.5) is 0 Å². The molecule has 7 heteroatoms. The van der Waals surface area contributed by atoms with Crippen LogP contribution in [-0.2, 0) is 25.6 Å². The summed E-state index contributed by atoms with van der Waals surface area (Å²) in [4.78, 5) is 8.44. The average Bonchev–Trinajstić information content (AvgIpc) is 2.37. The molecule has 1 aromatic heterocycles. The molecule has 1 fully saturated rings. The van der Waals surface area contributed by atoms with Gasteiger partial charge in [0.25, 0.3) is 10.1 Å². The summed E-state index contributed by atoms with van der Waals surface area (Å²) < 4.78 is 32.1. The molecule has 0 aromatic carbocycles. The Morgan fingerprint density at radius 2 is 2.33 bits per heavy atom. The van der Waals surface area contributed by atoms with Gasteiger partial charge in [0.15, 0.2) is 5.82 Å². The maximum absolute atomic E-state index is 10.9. The normalized spacial score (nSPS) is 20.8. The van der Waals surface area contributed by atoms with Crippen molar-refractivity contribution in [3.63, 3.8) is 0 Å². The third kappa shape index (κ3) is 4.01. The molecule has 0 unspecified atom stereocenters. The van der Waals surface area contributed by atoms with Gasteiger partial charge < -0.3 is 4.74 Å². The Labute approximate surface area is 106 Å². The summed E-state index contributed by atoms with van der Waals surface area (Å²) in [5.74, 6) is 0.601. The van der Waals surface area contributed by atoms with Crippen molar-refractivity contribution in [3.05, 3.63) is 23.8 Å². The van der Waals surface area contributed by atoms with Crippen LogP contribution in [0.25, 0.3) is 0 Å². The predicted molar refractivity (Wildman–Crippen MR) is 64.2 cm³/mol. The molecule has 0 N–H and O–H groups in total. The molecule has 1 aromatic rings. The first-order valence-electron chi connectivity index (χ1n) is 5.82. The lowest BCUT2D eigenvalue weighted by Crippen LogP contribution is -2.15. The maximum Gasteiger partial charge on any atom is 0.264 e. The first kappa shape index (κ1) is 13.4. The lowest BCUT2D eigenvalue weighted by atomic mass is 10.1. The molecule has 1 aliphatic heterocycles. The van der Waals surface area contributed by atoms with Gasteiger partial charge in [0.1, 0.15) is 12.7 Å². The summed E-state index contributed by atoms with van der Waals surface area (Å²) in [6, 6.07) is 1.64. The minimum atomic E-state index is -3.45. The summed E-state index contributed by atoms with van der Waals surface area (Å²) in [7, 11) is -3.45. The van der Waals surface area contributed by atoms with E-state index in [2.05, 4.69) is 9.97 Å². The summed E-state index contributed by atoms with van der Waals surface area (Å²) in [5, 5.41) is 0. The first-order chi connectivity index (χ1) is 8.54. The van der Waals surface area contributed by atoms with Gasteiger partial charge in [0.05, 0.1) is 11.9 Å². The molecule has 1 saturated heterocycles. The summed E-state index contributed by atoms with van der Waals surface area (Å²) in [6.07, 6.45) is 5.58. The van der Waals surface area contributed by atoms with Gasteiger partial charge in [-0.1, -0.05) is 0 Å². The second kappa shape index (κ2) is 5.73. The number of aromatic nitrogens is 2. The Kier molecular flexibility index (Phi) is 4.26. The predicted octanol–water partition coefficient (Wildman–Crippen LogP) is 1.19. The molecule has 18 heavy (non-hydrogen) atoms. The van der Waals surface area contributed by atoms with E-state index in [0.717, 1.165) is 32.1 Å². The van der Waals surface area contributed by atoms with Crippen molar-refractivity contribution < 1.29 is 17.3 Å². The van der Waals surface area contributed by atoms with Gasteiger partial charge in [0, 0.05) is 12.8 Å². The third-order valence-electron chi connectivity index (χ3n) is 2.62. The lowest BCUT2D eigenvalue weighted by Gasteiger charge is -2.21. The van der Waals surface area contributed by atoms with Gasteiger partial charge in [-0.2, -0.15) is 8.42 Å². The highest BCUT2D eigenvalue weighted by atomic mass is 32.2. The van der Waals surface area contributed by atoms with E-state index in [0.29, 0.717) is 11.5 Å². The first-order valence-corrected chi connectivity index (χ1v) is 7.64. The molecule has 0 aliphatic carbocycles. The zero-order chi connectivity index (χ0) is 13.0. The van der Waals surface area contributed by atoms with Gasteiger partial charge >= 0.3 is 0 Å². The second-order valence-corrected chi connectivity index (χ2v) is 5.87. The van der Waals surface area contributed by atoms with Crippen LogP contribution in [0.5, 0.6) is 0 Å². The molecule has 1 aliphatic rings. The number of ether oxygens (including phenoxy) is 1. The minimum absolute atomic E-state index is 0.0684. The highest BCUT2D eigenvalue weighted by Gasteiger charge is 2.19. The number of hydrogen-bond donors (Lipinski definition) is 0. The average molecular weight is 272 g/mol. The molecular weight excluding hydrogens is 256 g/mol. The third-order valence-corrected chi connectivity index (χ3v) is 3.17. The molecule has 2 heterocycles. The van der Waals surface area contributed by atoms with Crippen LogP contribution in [0.1, 0.15) is 36.9 Å². The SMILES string of the molecule is CS(=O)(=O)OCc1ccnc([C@@H]2CCCCO2)n1. The summed E-state index contributed by atoms with van der Waals surface area (Å²) >= 11 is 0. The molecule has 6 nitrogen and oxygen atoms in total. The van der Waals surface area contributed by atoms with Crippen LogP contribution in [0.15, 0.2) is 12.3 Å². The van der Waals surface area contributed by atoms with Crippen molar-refractivity contribution in [1.29, 1.82) is 0 Å². The van der Waals surface area contributed by atoms with Crippen LogP contribution in [0, 0.1) is 0 Å². The van der Waals surface area contributed by atoms with Crippen molar-refractivity contribution in [1.82, 2.24) is 9.97 Å². The fraction of sp³-hybridized carbons (Fsp3) is 0.636. The van der Waals surface area contributed by atoms with E-state index >= 15 is 0 Å². The fourth-order valence-electron chi connectivity index (χ4n) is 1.76. The van der Waals surface area contributed by atoms with E-state index in [-0.39, 0.29) is 12.7 Å². The zero-order valence-corrected chi connectivity index (χ0v) is 11.0. The fourth-order valence-corrected chi connectivity index (χ4v) is 2.10. The molecule has 0 radical (unpaired) electrons. The zero-order valence-electron chi connectivity index (χ0n) is 10.2. The summed E-state index contributed by atoms with van der Waals surface area (Å²) in [5.41, 5.74) is 0.541. The minimum Gasteiger partial charge on any atom is -0.370 e. The summed E-state index contributed by atoms with van der Waals surface area (Å²) in [6.45, 7) is 0.652. The Hall–Kier alpha value is -1.05. The van der Waals surface area contributed by atoms with Crippen molar-refractivity contribution in [2.45, 2.75) is 32.0 Å². The van der Waals surface area contributed by atoms with Gasteiger partial charge in [0.2, 0.25) is 0 Å². The molecule has 0 spiro atoms. The molecule has 0 amide bonds. The molecule has 2 rings (SSSR count). The monoisotopic (exact) mass is 272 g/mol. The number of rotatable bonds is 4. The van der Waals surface area contributed by atoms with E-state index in [9.17, 15) is 8.42 Å². The van der Waals surface area contributed by atoms with Crippen LogP contribution in [-0.4, -0.2) is 31.2 Å². The van der Waals surface area contributed by atoms with Crippen molar-refractivity contribution in [2.24, 2.45) is 0 Å². The molecular formula is C11H16N2O4S. The van der Waals surface area contributed by atoms with Gasteiger partial charge in [-0.05, 0) is 25.3 Å². The highest BCUT2D eigenvalue weighted by Crippen LogP contribution is 2.25. The van der Waals surface area contributed by atoms with Crippen molar-refractivity contribution in [2.75, 3.05) is 12.9 Å². The van der Waals surface area contributed by atoms with E-state index < -0.39 is 10.1 Å². The van der Waals surface area contributed by atoms with Crippen molar-refractivity contribution >= 4 is 10.1 Å². The molecule has 1 atom stereocenters. The standard InChI is InChI=1S/C11H16N2O4S/c1-18(14,15)17-8-9-5-6-12-11(13-9)10-4-2-3-7-16-10/h5-6,10H,2-4,7-8H2,1H3/t10-/m0/s1. The van der Waals surface area contributed by atoms with Crippen LogP contribution in [0.3, 0.4) is 0 Å². The number of hydrogen-bond acceptors (Lipinski definition) is 6. The Morgan fingerprint density at radius 3 is 3.00 bits per heavy atom. The maximum atomic E-state index is 10.9. The van der Waals surface area contributed by atoms with Gasteiger partial charge in [-0.3, -0.25) is 4.18 Å². The van der Waals surface area contributed by atoms with Crippen LogP contribution in [0.2, 0.25) is 0 Å². The smallest absolute Gasteiger partial charge is 0.264 e. The lowest BCUT2D eigenvalue weighted by molar-refractivity contribution is 0.00921. The molecule has 0 bridgehead atoms. The topological polar surface area (TPSA) is 78.4 Å². The Morgan fingerprint density at radius 1 is 1.50 bits per heavy atom.